The van der Waals surface area contributed by atoms with Gasteiger partial charge in [0.15, 0.2) is 0 Å². The molecule has 0 spiro atoms. The summed E-state index contributed by atoms with van der Waals surface area (Å²) in [6.07, 6.45) is 4.38. The molecule has 116 valence electrons. The molecule has 3 atom stereocenters. The summed E-state index contributed by atoms with van der Waals surface area (Å²) in [7, 11) is 0. The van der Waals surface area contributed by atoms with E-state index in [9.17, 15) is 9.90 Å². The van der Waals surface area contributed by atoms with Crippen LogP contribution in [0.3, 0.4) is 0 Å². The molecule has 0 saturated carbocycles. The summed E-state index contributed by atoms with van der Waals surface area (Å²) < 4.78 is 0. The Morgan fingerprint density at radius 1 is 1.35 bits per heavy atom. The van der Waals surface area contributed by atoms with Crippen LogP contribution in [0.1, 0.15) is 39.5 Å². The third-order valence-electron chi connectivity index (χ3n) is 4.89. The first kappa shape index (κ1) is 15.7. The summed E-state index contributed by atoms with van der Waals surface area (Å²) in [5.41, 5.74) is 0. The molecule has 1 amide bonds. The van der Waals surface area contributed by atoms with Gasteiger partial charge in [0.2, 0.25) is 5.91 Å². The van der Waals surface area contributed by atoms with Crippen molar-refractivity contribution in [3.05, 3.63) is 0 Å². The van der Waals surface area contributed by atoms with E-state index in [0.717, 1.165) is 45.3 Å². The van der Waals surface area contributed by atoms with E-state index in [-0.39, 0.29) is 30.5 Å². The van der Waals surface area contributed by atoms with Gasteiger partial charge < -0.3 is 15.7 Å². The Labute approximate surface area is 122 Å². The third-order valence-corrected chi connectivity index (χ3v) is 4.89. The lowest BCUT2D eigenvalue weighted by Crippen LogP contribution is -2.52. The van der Waals surface area contributed by atoms with Gasteiger partial charge in [-0.05, 0) is 58.2 Å². The van der Waals surface area contributed by atoms with Crippen molar-refractivity contribution >= 4 is 5.91 Å². The van der Waals surface area contributed by atoms with Crippen molar-refractivity contribution < 1.29 is 9.90 Å². The number of hydrogen-bond acceptors (Lipinski definition) is 4. The zero-order valence-corrected chi connectivity index (χ0v) is 12.8. The molecule has 5 nitrogen and oxygen atoms in total. The molecule has 2 fully saturated rings. The van der Waals surface area contributed by atoms with Gasteiger partial charge in [0.25, 0.3) is 0 Å². The van der Waals surface area contributed by atoms with E-state index >= 15 is 0 Å². The highest BCUT2D eigenvalue weighted by atomic mass is 16.3. The Balaban J connectivity index is 1.90. The van der Waals surface area contributed by atoms with Crippen molar-refractivity contribution in [3.8, 4) is 0 Å². The minimum atomic E-state index is 0.0305. The average Bonchev–Trinajstić information content (AvgIpc) is 2.96. The molecule has 2 aliphatic heterocycles. The van der Waals surface area contributed by atoms with Gasteiger partial charge in [-0.3, -0.25) is 9.69 Å². The van der Waals surface area contributed by atoms with Gasteiger partial charge in [0, 0.05) is 18.7 Å². The van der Waals surface area contributed by atoms with Crippen LogP contribution in [0.5, 0.6) is 0 Å². The number of amides is 1. The summed E-state index contributed by atoms with van der Waals surface area (Å²) in [5.74, 6) is 0.251. The van der Waals surface area contributed by atoms with E-state index in [4.69, 9.17) is 0 Å². The number of nitrogens with one attached hydrogen (secondary N) is 2. The van der Waals surface area contributed by atoms with Crippen LogP contribution in [0.15, 0.2) is 0 Å². The Morgan fingerprint density at radius 2 is 2.05 bits per heavy atom. The fraction of sp³-hybridized carbons (Fsp3) is 0.933. The number of carbonyl (C=O) groups is 1. The number of aliphatic hydroxyl groups is 1. The van der Waals surface area contributed by atoms with Crippen molar-refractivity contribution in [2.24, 2.45) is 5.92 Å². The molecule has 5 heteroatoms. The van der Waals surface area contributed by atoms with Crippen molar-refractivity contribution in [3.63, 3.8) is 0 Å². The van der Waals surface area contributed by atoms with Crippen LogP contribution in [0.2, 0.25) is 0 Å². The lowest BCUT2D eigenvalue weighted by atomic mass is 10.0. The predicted molar refractivity (Wildman–Crippen MR) is 79.5 cm³/mol. The molecular weight excluding hydrogens is 254 g/mol. The van der Waals surface area contributed by atoms with Crippen LogP contribution in [-0.4, -0.2) is 60.3 Å². The molecule has 0 radical (unpaired) electrons. The molecule has 0 aromatic rings. The van der Waals surface area contributed by atoms with Crippen molar-refractivity contribution in [1.29, 1.82) is 0 Å². The highest BCUT2D eigenvalue weighted by Crippen LogP contribution is 2.24. The maximum absolute atomic E-state index is 12.5. The minimum absolute atomic E-state index is 0.0305. The van der Waals surface area contributed by atoms with Crippen LogP contribution in [0, 0.1) is 5.92 Å². The molecule has 2 heterocycles. The molecule has 20 heavy (non-hydrogen) atoms. The number of nitrogens with zero attached hydrogens (tertiary/aromatic N) is 1. The first-order chi connectivity index (χ1) is 9.63. The Hall–Kier alpha value is -0.650. The van der Waals surface area contributed by atoms with Gasteiger partial charge in [-0.1, -0.05) is 6.92 Å². The lowest BCUT2D eigenvalue weighted by Gasteiger charge is -2.35. The molecule has 2 saturated heterocycles. The minimum Gasteiger partial charge on any atom is -0.396 e. The van der Waals surface area contributed by atoms with Gasteiger partial charge >= 0.3 is 0 Å². The van der Waals surface area contributed by atoms with Crippen LogP contribution in [0.25, 0.3) is 0 Å². The number of aliphatic hydroxyl groups excluding tert-OH is 1. The molecule has 0 bridgehead atoms. The predicted octanol–water partition coefficient (Wildman–Crippen LogP) is 0.336. The van der Waals surface area contributed by atoms with E-state index < -0.39 is 0 Å². The largest absolute Gasteiger partial charge is 0.396 e. The van der Waals surface area contributed by atoms with E-state index in [2.05, 4.69) is 15.5 Å². The van der Waals surface area contributed by atoms with Crippen LogP contribution in [-0.2, 0) is 4.79 Å². The molecule has 0 aromatic carbocycles. The molecule has 2 rings (SSSR count). The quantitative estimate of drug-likeness (QED) is 0.681. The van der Waals surface area contributed by atoms with E-state index in [1.165, 1.54) is 0 Å². The summed E-state index contributed by atoms with van der Waals surface area (Å²) in [6.45, 7) is 7.23. The SMILES string of the molecule is CC(CO)C(C)NC(=O)C1CCCN1C1CCNCC1. The Morgan fingerprint density at radius 3 is 2.70 bits per heavy atom. The number of hydrogen-bond donors (Lipinski definition) is 3. The number of piperidine rings is 1. The maximum atomic E-state index is 12.5. The fourth-order valence-corrected chi connectivity index (χ4v) is 3.27. The van der Waals surface area contributed by atoms with Crippen molar-refractivity contribution in [2.75, 3.05) is 26.2 Å². The first-order valence-corrected chi connectivity index (χ1v) is 8.01. The van der Waals surface area contributed by atoms with Crippen molar-refractivity contribution in [1.82, 2.24) is 15.5 Å². The average molecular weight is 283 g/mol. The zero-order chi connectivity index (χ0) is 14.5. The molecule has 2 aliphatic rings. The second-order valence-corrected chi connectivity index (χ2v) is 6.33. The summed E-state index contributed by atoms with van der Waals surface area (Å²) >= 11 is 0. The summed E-state index contributed by atoms with van der Waals surface area (Å²) in [6, 6.07) is 0.620. The van der Waals surface area contributed by atoms with Crippen LogP contribution in [0.4, 0.5) is 0 Å². The van der Waals surface area contributed by atoms with Crippen LogP contribution < -0.4 is 10.6 Å². The van der Waals surface area contributed by atoms with E-state index in [0.29, 0.717) is 6.04 Å². The monoisotopic (exact) mass is 283 g/mol. The topological polar surface area (TPSA) is 64.6 Å². The highest BCUT2D eigenvalue weighted by molar-refractivity contribution is 5.82. The second-order valence-electron chi connectivity index (χ2n) is 6.33. The van der Waals surface area contributed by atoms with Crippen molar-refractivity contribution in [2.45, 2.75) is 57.7 Å². The first-order valence-electron chi connectivity index (χ1n) is 8.01. The molecule has 3 N–H and O–H groups in total. The number of likely N-dealkylation sites (tertiary alicyclic amines) is 1. The zero-order valence-electron chi connectivity index (χ0n) is 12.8. The van der Waals surface area contributed by atoms with Gasteiger partial charge in [0.1, 0.15) is 0 Å². The number of carbonyl (C=O) groups excluding carboxylic acids is 1. The molecule has 0 aliphatic carbocycles. The molecule has 0 aromatic heterocycles. The Bertz CT molecular complexity index is 318. The maximum Gasteiger partial charge on any atom is 0.237 e. The summed E-state index contributed by atoms with van der Waals surface area (Å²) in [5, 5.41) is 15.6. The van der Waals surface area contributed by atoms with Gasteiger partial charge in [-0.25, -0.2) is 0 Å². The lowest BCUT2D eigenvalue weighted by molar-refractivity contribution is -0.127. The third kappa shape index (κ3) is 3.71. The smallest absolute Gasteiger partial charge is 0.237 e. The van der Waals surface area contributed by atoms with Gasteiger partial charge in [0.05, 0.1) is 6.04 Å². The number of rotatable bonds is 5. The van der Waals surface area contributed by atoms with E-state index in [1.54, 1.807) is 0 Å². The normalized spacial score (nSPS) is 28.2. The molecular formula is C15H29N3O2. The van der Waals surface area contributed by atoms with Crippen LogP contribution >= 0.6 is 0 Å². The second kappa shape index (κ2) is 7.38. The van der Waals surface area contributed by atoms with E-state index in [1.807, 2.05) is 13.8 Å². The summed E-state index contributed by atoms with van der Waals surface area (Å²) in [4.78, 5) is 14.9. The van der Waals surface area contributed by atoms with Gasteiger partial charge in [-0.15, -0.1) is 0 Å². The van der Waals surface area contributed by atoms with Gasteiger partial charge in [-0.2, -0.15) is 0 Å². The molecule has 3 unspecified atom stereocenters. The Kier molecular flexibility index (Phi) is 5.81. The highest BCUT2D eigenvalue weighted by Gasteiger charge is 2.36. The standard InChI is InChI=1S/C15H29N3O2/c1-11(10-19)12(2)17-15(20)14-4-3-9-18(14)13-5-7-16-8-6-13/h11-14,16,19H,3-10H2,1-2H3,(H,17,20). The fourth-order valence-electron chi connectivity index (χ4n) is 3.27.